The van der Waals surface area contributed by atoms with Gasteiger partial charge in [0.25, 0.3) is 10.0 Å². The highest BCUT2D eigenvalue weighted by Crippen LogP contribution is 2.19. The van der Waals surface area contributed by atoms with E-state index in [4.69, 9.17) is 0 Å². The van der Waals surface area contributed by atoms with E-state index in [2.05, 4.69) is 14.6 Å². The van der Waals surface area contributed by atoms with Gasteiger partial charge in [-0.1, -0.05) is 12.1 Å². The highest BCUT2D eigenvalue weighted by molar-refractivity contribution is 7.92. The Morgan fingerprint density at radius 1 is 1.12 bits per heavy atom. The van der Waals surface area contributed by atoms with Crippen LogP contribution in [0.15, 0.2) is 47.5 Å². The van der Waals surface area contributed by atoms with E-state index in [1.54, 1.807) is 35.2 Å². The molecule has 0 saturated carbocycles. The third kappa shape index (κ3) is 4.08. The number of amides is 1. The van der Waals surface area contributed by atoms with Crippen LogP contribution in [0.3, 0.4) is 0 Å². The van der Waals surface area contributed by atoms with Crippen molar-refractivity contribution in [2.75, 3.05) is 35.8 Å². The first-order chi connectivity index (χ1) is 12.0. The van der Waals surface area contributed by atoms with Gasteiger partial charge in [0.05, 0.1) is 16.8 Å². The molecule has 1 aromatic heterocycles. The van der Waals surface area contributed by atoms with Crippen molar-refractivity contribution in [1.82, 2.24) is 9.88 Å². The third-order valence-corrected chi connectivity index (χ3v) is 5.47. The number of aryl methyl sites for hydroxylation is 1. The lowest BCUT2D eigenvalue weighted by Crippen LogP contribution is -2.46. The van der Waals surface area contributed by atoms with Crippen molar-refractivity contribution in [3.05, 3.63) is 48.2 Å². The molecule has 8 heteroatoms. The van der Waals surface area contributed by atoms with E-state index in [0.29, 0.717) is 31.9 Å². The lowest BCUT2D eigenvalue weighted by molar-refractivity contribution is -0.118. The van der Waals surface area contributed by atoms with Gasteiger partial charge < -0.3 is 9.80 Å². The minimum Gasteiger partial charge on any atom is -0.353 e. The molecule has 1 N–H and O–H groups in total. The summed E-state index contributed by atoms with van der Waals surface area (Å²) in [6.45, 7) is 4.58. The summed E-state index contributed by atoms with van der Waals surface area (Å²) in [6, 6.07) is 10.2. The Labute approximate surface area is 147 Å². The molecule has 1 aromatic carbocycles. The number of carbonyl (C=O) groups is 1. The fraction of sp³-hybridized carbons (Fsp3) is 0.294. The number of rotatable bonds is 5. The van der Waals surface area contributed by atoms with Crippen molar-refractivity contribution in [2.45, 2.75) is 11.8 Å². The van der Waals surface area contributed by atoms with E-state index < -0.39 is 10.0 Å². The Balaban J connectivity index is 1.69. The van der Waals surface area contributed by atoms with Gasteiger partial charge in [-0.2, -0.15) is 0 Å². The number of hydrogen-bond acceptors (Lipinski definition) is 5. The van der Waals surface area contributed by atoms with Crippen LogP contribution in [0.1, 0.15) is 5.56 Å². The number of pyridine rings is 1. The molecule has 0 aliphatic carbocycles. The van der Waals surface area contributed by atoms with Gasteiger partial charge >= 0.3 is 0 Å². The summed E-state index contributed by atoms with van der Waals surface area (Å²) in [5.74, 6) is 0.768. The van der Waals surface area contributed by atoms with Crippen LogP contribution in [0.4, 0.5) is 11.5 Å². The Morgan fingerprint density at radius 3 is 2.48 bits per heavy atom. The van der Waals surface area contributed by atoms with Gasteiger partial charge in [-0.05, 0) is 36.8 Å². The largest absolute Gasteiger partial charge is 0.353 e. The molecule has 1 saturated heterocycles. The van der Waals surface area contributed by atoms with Crippen molar-refractivity contribution in [3.8, 4) is 0 Å². The molecule has 1 amide bonds. The molecule has 132 valence electrons. The first kappa shape index (κ1) is 17.2. The van der Waals surface area contributed by atoms with Crippen LogP contribution in [0, 0.1) is 6.92 Å². The monoisotopic (exact) mass is 360 g/mol. The van der Waals surface area contributed by atoms with Gasteiger partial charge in [0.15, 0.2) is 0 Å². The summed E-state index contributed by atoms with van der Waals surface area (Å²) in [4.78, 5) is 19.1. The van der Waals surface area contributed by atoms with Crippen molar-refractivity contribution < 1.29 is 13.2 Å². The molecule has 2 heterocycles. The van der Waals surface area contributed by atoms with E-state index in [1.165, 1.54) is 6.20 Å². The lowest BCUT2D eigenvalue weighted by atomic mass is 10.2. The molecular weight excluding hydrogens is 340 g/mol. The molecule has 0 spiro atoms. The maximum atomic E-state index is 12.4. The van der Waals surface area contributed by atoms with Crippen LogP contribution in [-0.4, -0.2) is 50.9 Å². The first-order valence-electron chi connectivity index (χ1n) is 7.98. The Bertz CT molecular complexity index is 844. The van der Waals surface area contributed by atoms with Gasteiger partial charge in [0, 0.05) is 26.2 Å². The van der Waals surface area contributed by atoms with Crippen molar-refractivity contribution in [1.29, 1.82) is 0 Å². The number of piperazine rings is 1. The van der Waals surface area contributed by atoms with E-state index >= 15 is 0 Å². The number of carbonyl (C=O) groups excluding carboxylic acids is 1. The number of nitrogens with one attached hydrogen (secondary N) is 1. The van der Waals surface area contributed by atoms with Crippen LogP contribution < -0.4 is 9.62 Å². The second-order valence-electron chi connectivity index (χ2n) is 5.96. The van der Waals surface area contributed by atoms with Crippen LogP contribution in [0.5, 0.6) is 0 Å². The maximum absolute atomic E-state index is 12.4. The number of nitrogens with zero attached hydrogens (tertiary/aromatic N) is 3. The lowest BCUT2D eigenvalue weighted by Gasteiger charge is -2.33. The highest BCUT2D eigenvalue weighted by Gasteiger charge is 2.18. The zero-order valence-corrected chi connectivity index (χ0v) is 14.7. The minimum atomic E-state index is -3.63. The normalized spacial score (nSPS) is 15.1. The second kappa shape index (κ2) is 7.10. The highest BCUT2D eigenvalue weighted by atomic mass is 32.2. The maximum Gasteiger partial charge on any atom is 0.261 e. The smallest absolute Gasteiger partial charge is 0.261 e. The summed E-state index contributed by atoms with van der Waals surface area (Å²) in [5.41, 5.74) is 1.29. The van der Waals surface area contributed by atoms with E-state index in [0.717, 1.165) is 17.8 Å². The number of sulfonamides is 1. The van der Waals surface area contributed by atoms with Gasteiger partial charge in [-0.3, -0.25) is 9.52 Å². The van der Waals surface area contributed by atoms with Gasteiger partial charge in [0.2, 0.25) is 6.41 Å². The van der Waals surface area contributed by atoms with E-state index in [-0.39, 0.29) is 4.90 Å². The summed E-state index contributed by atoms with van der Waals surface area (Å²) in [5, 5.41) is 0. The minimum absolute atomic E-state index is 0.224. The van der Waals surface area contributed by atoms with Gasteiger partial charge in [-0.15, -0.1) is 0 Å². The number of hydrogen-bond donors (Lipinski definition) is 1. The standard InChI is InChI=1S/C17H20N4O3S/c1-14-3-2-4-16(11-14)25(23,24)19-15-5-6-17(18-12-15)21-9-7-20(13-22)8-10-21/h2-6,11-13,19H,7-10H2,1H3. The molecule has 1 aliphatic heterocycles. The summed E-state index contributed by atoms with van der Waals surface area (Å²) in [7, 11) is -3.63. The molecule has 0 unspecified atom stereocenters. The van der Waals surface area contributed by atoms with Crippen molar-refractivity contribution >= 4 is 27.9 Å². The Hall–Kier alpha value is -2.61. The van der Waals surface area contributed by atoms with Crippen LogP contribution >= 0.6 is 0 Å². The SMILES string of the molecule is Cc1cccc(S(=O)(=O)Nc2ccc(N3CCN(C=O)CC3)nc2)c1. The van der Waals surface area contributed by atoms with Crippen molar-refractivity contribution in [2.24, 2.45) is 0 Å². The van der Waals surface area contributed by atoms with Gasteiger partial charge in [0.1, 0.15) is 5.82 Å². The average molecular weight is 360 g/mol. The first-order valence-corrected chi connectivity index (χ1v) is 9.46. The zero-order valence-electron chi connectivity index (χ0n) is 13.9. The number of anilines is 2. The molecule has 0 radical (unpaired) electrons. The van der Waals surface area contributed by atoms with Crippen LogP contribution in [0.2, 0.25) is 0 Å². The summed E-state index contributed by atoms with van der Waals surface area (Å²) < 4.78 is 27.4. The van der Waals surface area contributed by atoms with E-state index in [9.17, 15) is 13.2 Å². The molecule has 25 heavy (non-hydrogen) atoms. The Morgan fingerprint density at radius 2 is 1.88 bits per heavy atom. The van der Waals surface area contributed by atoms with Gasteiger partial charge in [-0.25, -0.2) is 13.4 Å². The molecule has 7 nitrogen and oxygen atoms in total. The topological polar surface area (TPSA) is 82.6 Å². The number of benzene rings is 1. The van der Waals surface area contributed by atoms with Crippen molar-refractivity contribution in [3.63, 3.8) is 0 Å². The molecule has 1 aliphatic rings. The molecule has 3 rings (SSSR count). The third-order valence-electron chi connectivity index (χ3n) is 4.09. The molecule has 0 bridgehead atoms. The number of aromatic nitrogens is 1. The Kier molecular flexibility index (Phi) is 4.89. The fourth-order valence-corrected chi connectivity index (χ4v) is 3.83. The molecule has 0 atom stereocenters. The predicted molar refractivity (Wildman–Crippen MR) is 96.1 cm³/mol. The van der Waals surface area contributed by atoms with E-state index in [1.807, 2.05) is 13.0 Å². The predicted octanol–water partition coefficient (Wildman–Crippen LogP) is 1.47. The van der Waals surface area contributed by atoms with Crippen LogP contribution in [-0.2, 0) is 14.8 Å². The zero-order chi connectivity index (χ0) is 17.9. The summed E-state index contributed by atoms with van der Waals surface area (Å²) >= 11 is 0. The summed E-state index contributed by atoms with van der Waals surface area (Å²) in [6.07, 6.45) is 2.36. The average Bonchev–Trinajstić information content (AvgIpc) is 2.62. The molecular formula is C17H20N4O3S. The fourth-order valence-electron chi connectivity index (χ4n) is 2.69. The second-order valence-corrected chi connectivity index (χ2v) is 7.64. The molecule has 1 fully saturated rings. The van der Waals surface area contributed by atoms with Crippen LogP contribution in [0.25, 0.3) is 0 Å². The quantitative estimate of drug-likeness (QED) is 0.817. The molecule has 2 aromatic rings.